The van der Waals surface area contributed by atoms with Gasteiger partial charge in [0.1, 0.15) is 15.5 Å². The van der Waals surface area contributed by atoms with Gasteiger partial charge in [0.25, 0.3) is 5.56 Å². The first-order valence-corrected chi connectivity index (χ1v) is 8.73. The van der Waals surface area contributed by atoms with Gasteiger partial charge in [-0.15, -0.1) is 11.3 Å². The van der Waals surface area contributed by atoms with Gasteiger partial charge in [-0.05, 0) is 30.2 Å². The maximum atomic E-state index is 13.0. The van der Waals surface area contributed by atoms with Crippen LogP contribution in [0.15, 0.2) is 29.1 Å². The number of hydrogen-bond acceptors (Lipinski definition) is 5. The Hall–Kier alpha value is -3.00. The molecule has 0 aliphatic heterocycles. The van der Waals surface area contributed by atoms with Gasteiger partial charge in [0.2, 0.25) is 0 Å². The number of thiophene rings is 1. The summed E-state index contributed by atoms with van der Waals surface area (Å²) in [5.41, 5.74) is 1.08. The second kappa shape index (κ2) is 6.72. The lowest BCUT2D eigenvalue weighted by atomic mass is 10.1. The van der Waals surface area contributed by atoms with Gasteiger partial charge in [-0.2, -0.15) is 0 Å². The molecule has 1 aromatic carbocycles. The second-order valence-corrected chi connectivity index (χ2v) is 6.82. The van der Waals surface area contributed by atoms with E-state index in [4.69, 9.17) is 5.11 Å². The molecule has 8 heteroatoms. The standard InChI is InChI=1S/C18H16N2O5S/c1-3-12-19-15-13(9(2)14(26-15)18(24)25)16(21)20(12)8-10-4-6-11(7-5-10)17(22)23/h4-7H,3,8H2,1-2H3,(H,22,23)(H,24,25). The molecule has 0 bridgehead atoms. The molecule has 0 aliphatic carbocycles. The van der Waals surface area contributed by atoms with Crippen LogP contribution in [0.3, 0.4) is 0 Å². The molecule has 0 saturated heterocycles. The number of fused-ring (bicyclic) bond motifs is 1. The third-order valence-electron chi connectivity index (χ3n) is 4.18. The molecular formula is C18H16N2O5S. The molecule has 0 amide bonds. The number of nitrogens with zero attached hydrogens (tertiary/aromatic N) is 2. The van der Waals surface area contributed by atoms with Gasteiger partial charge in [-0.1, -0.05) is 19.1 Å². The maximum absolute atomic E-state index is 13.0. The van der Waals surface area contributed by atoms with Crippen molar-refractivity contribution in [3.8, 4) is 0 Å². The summed E-state index contributed by atoms with van der Waals surface area (Å²) in [5.74, 6) is -1.53. The van der Waals surface area contributed by atoms with Gasteiger partial charge in [0.05, 0.1) is 17.5 Å². The minimum Gasteiger partial charge on any atom is -0.478 e. The molecule has 0 saturated carbocycles. The molecule has 0 unspecified atom stereocenters. The molecule has 3 rings (SSSR count). The summed E-state index contributed by atoms with van der Waals surface area (Å²) >= 11 is 1.01. The molecular weight excluding hydrogens is 356 g/mol. The molecule has 2 heterocycles. The summed E-state index contributed by atoms with van der Waals surface area (Å²) in [5, 5.41) is 18.6. The molecule has 2 N–H and O–H groups in total. The average Bonchev–Trinajstić information content (AvgIpc) is 2.94. The van der Waals surface area contributed by atoms with Crippen molar-refractivity contribution >= 4 is 33.5 Å². The molecule has 0 spiro atoms. The van der Waals surface area contributed by atoms with Gasteiger partial charge in [-0.25, -0.2) is 14.6 Å². The van der Waals surface area contributed by atoms with Crippen LogP contribution in [0.1, 0.15) is 43.9 Å². The number of carbonyl (C=O) groups is 2. The summed E-state index contributed by atoms with van der Waals surface area (Å²) in [4.78, 5) is 40.3. The van der Waals surface area contributed by atoms with Gasteiger partial charge in [0, 0.05) is 6.42 Å². The highest BCUT2D eigenvalue weighted by molar-refractivity contribution is 7.20. The fourth-order valence-corrected chi connectivity index (χ4v) is 3.86. The Morgan fingerprint density at radius 1 is 1.15 bits per heavy atom. The van der Waals surface area contributed by atoms with E-state index in [9.17, 15) is 19.5 Å². The summed E-state index contributed by atoms with van der Waals surface area (Å²) in [6, 6.07) is 6.28. The lowest BCUT2D eigenvalue weighted by molar-refractivity contribution is 0.0688. The average molecular weight is 372 g/mol. The highest BCUT2D eigenvalue weighted by Crippen LogP contribution is 2.27. The number of carboxylic acid groups (broad SMARTS) is 2. The zero-order chi connectivity index (χ0) is 19.0. The lowest BCUT2D eigenvalue weighted by Crippen LogP contribution is -2.25. The number of rotatable bonds is 5. The Kier molecular flexibility index (Phi) is 4.60. The fourth-order valence-electron chi connectivity index (χ4n) is 2.83. The van der Waals surface area contributed by atoms with Gasteiger partial charge < -0.3 is 10.2 Å². The molecule has 7 nitrogen and oxygen atoms in total. The van der Waals surface area contributed by atoms with Crippen LogP contribution < -0.4 is 5.56 Å². The van der Waals surface area contributed by atoms with Crippen molar-refractivity contribution in [1.82, 2.24) is 9.55 Å². The van der Waals surface area contributed by atoms with E-state index in [-0.39, 0.29) is 22.5 Å². The van der Waals surface area contributed by atoms with E-state index in [0.717, 1.165) is 16.9 Å². The first kappa shape index (κ1) is 17.8. The summed E-state index contributed by atoms with van der Waals surface area (Å²) in [6.45, 7) is 3.72. The van der Waals surface area contributed by atoms with E-state index in [1.807, 2.05) is 6.92 Å². The normalized spacial score (nSPS) is 11.0. The quantitative estimate of drug-likeness (QED) is 0.713. The van der Waals surface area contributed by atoms with Crippen LogP contribution in [0.5, 0.6) is 0 Å². The molecule has 0 atom stereocenters. The Labute approximate surface area is 152 Å². The fraction of sp³-hybridized carbons (Fsp3) is 0.222. The Balaban J connectivity index is 2.14. The van der Waals surface area contributed by atoms with Crippen LogP contribution >= 0.6 is 11.3 Å². The number of hydrogen-bond donors (Lipinski definition) is 2. The van der Waals surface area contributed by atoms with Gasteiger partial charge in [-0.3, -0.25) is 9.36 Å². The van der Waals surface area contributed by atoms with Crippen molar-refractivity contribution in [2.75, 3.05) is 0 Å². The third-order valence-corrected chi connectivity index (χ3v) is 5.36. The number of aryl methyl sites for hydroxylation is 2. The van der Waals surface area contributed by atoms with Crippen molar-refractivity contribution in [3.63, 3.8) is 0 Å². The smallest absolute Gasteiger partial charge is 0.346 e. The van der Waals surface area contributed by atoms with Crippen molar-refractivity contribution in [2.24, 2.45) is 0 Å². The zero-order valence-electron chi connectivity index (χ0n) is 14.1. The predicted octanol–water partition coefficient (Wildman–Crippen LogP) is 2.77. The van der Waals surface area contributed by atoms with Crippen LogP contribution in [-0.4, -0.2) is 31.7 Å². The Bertz CT molecular complexity index is 1080. The highest BCUT2D eigenvalue weighted by Gasteiger charge is 2.20. The maximum Gasteiger partial charge on any atom is 0.346 e. The zero-order valence-corrected chi connectivity index (χ0v) is 15.0. The van der Waals surface area contributed by atoms with Crippen molar-refractivity contribution in [2.45, 2.75) is 26.8 Å². The van der Waals surface area contributed by atoms with E-state index < -0.39 is 11.9 Å². The number of aromatic nitrogens is 2. The van der Waals surface area contributed by atoms with E-state index in [2.05, 4.69) is 4.98 Å². The SMILES string of the molecule is CCc1nc2sc(C(=O)O)c(C)c2c(=O)n1Cc1ccc(C(=O)O)cc1. The van der Waals surface area contributed by atoms with Gasteiger partial charge >= 0.3 is 11.9 Å². The van der Waals surface area contributed by atoms with E-state index >= 15 is 0 Å². The van der Waals surface area contributed by atoms with Crippen LogP contribution in [0, 0.1) is 6.92 Å². The first-order valence-electron chi connectivity index (χ1n) is 7.91. The summed E-state index contributed by atoms with van der Waals surface area (Å²) < 4.78 is 1.52. The topological polar surface area (TPSA) is 109 Å². The number of carboxylic acids is 2. The van der Waals surface area contributed by atoms with E-state index in [0.29, 0.717) is 28.0 Å². The molecule has 0 aliphatic rings. The van der Waals surface area contributed by atoms with E-state index in [1.165, 1.54) is 16.7 Å². The van der Waals surface area contributed by atoms with Crippen LogP contribution in [-0.2, 0) is 13.0 Å². The minimum atomic E-state index is -1.07. The molecule has 134 valence electrons. The molecule has 2 aromatic heterocycles. The molecule has 0 fully saturated rings. The summed E-state index contributed by atoms with van der Waals surface area (Å²) in [6.07, 6.45) is 0.512. The van der Waals surface area contributed by atoms with Crippen LogP contribution in [0.4, 0.5) is 0 Å². The molecule has 0 radical (unpaired) electrons. The Morgan fingerprint density at radius 3 is 2.35 bits per heavy atom. The van der Waals surface area contributed by atoms with E-state index in [1.54, 1.807) is 19.1 Å². The summed E-state index contributed by atoms with van der Waals surface area (Å²) in [7, 11) is 0. The van der Waals surface area contributed by atoms with Crippen LogP contribution in [0.25, 0.3) is 10.2 Å². The second-order valence-electron chi connectivity index (χ2n) is 5.82. The largest absolute Gasteiger partial charge is 0.478 e. The highest BCUT2D eigenvalue weighted by atomic mass is 32.1. The van der Waals surface area contributed by atoms with Gasteiger partial charge in [0.15, 0.2) is 0 Å². The minimum absolute atomic E-state index is 0.121. The van der Waals surface area contributed by atoms with Crippen LogP contribution in [0.2, 0.25) is 0 Å². The predicted molar refractivity (Wildman–Crippen MR) is 97.5 cm³/mol. The third kappa shape index (κ3) is 2.99. The van der Waals surface area contributed by atoms with Crippen molar-refractivity contribution < 1.29 is 19.8 Å². The number of benzene rings is 1. The first-order chi connectivity index (χ1) is 12.3. The molecule has 26 heavy (non-hydrogen) atoms. The van der Waals surface area contributed by atoms with Crippen molar-refractivity contribution in [1.29, 1.82) is 0 Å². The molecule has 3 aromatic rings. The van der Waals surface area contributed by atoms with Crippen molar-refractivity contribution in [3.05, 3.63) is 62.0 Å². The Morgan fingerprint density at radius 2 is 1.81 bits per heavy atom. The lowest BCUT2D eigenvalue weighted by Gasteiger charge is -2.11. The number of aromatic carboxylic acids is 2. The monoisotopic (exact) mass is 372 g/mol.